The van der Waals surface area contributed by atoms with Gasteiger partial charge >= 0.3 is 0 Å². The lowest BCUT2D eigenvalue weighted by molar-refractivity contribution is 0.661. The monoisotopic (exact) mass is 772 g/mol. The Bertz CT molecular complexity index is 3400. The van der Waals surface area contributed by atoms with E-state index in [2.05, 4.69) is 164 Å². The largest absolute Gasteiger partial charge is 0.309 e. The Labute approximate surface area is 345 Å². The molecule has 0 N–H and O–H groups in total. The Hall–Kier alpha value is -7.21. The van der Waals surface area contributed by atoms with Crippen LogP contribution < -0.4 is 0 Å². The molecule has 0 saturated carbocycles. The Morgan fingerprint density at radius 2 is 1.02 bits per heavy atom. The maximum absolute atomic E-state index is 5.23. The van der Waals surface area contributed by atoms with Crippen LogP contribution in [-0.4, -0.2) is 19.5 Å². The number of benzene rings is 8. The molecule has 11 aromatic rings. The molecule has 0 atom stereocenters. The van der Waals surface area contributed by atoms with Crippen LogP contribution in [0.1, 0.15) is 25.0 Å². The second kappa shape index (κ2) is 12.9. The Morgan fingerprint density at radius 1 is 0.407 bits per heavy atom. The maximum atomic E-state index is 5.23. The van der Waals surface area contributed by atoms with E-state index >= 15 is 0 Å². The van der Waals surface area contributed by atoms with Crippen molar-refractivity contribution in [2.45, 2.75) is 19.3 Å². The van der Waals surface area contributed by atoms with Crippen LogP contribution >= 0.6 is 11.3 Å². The van der Waals surface area contributed by atoms with Gasteiger partial charge in [-0.1, -0.05) is 141 Å². The third kappa shape index (κ3) is 5.25. The molecule has 4 nitrogen and oxygen atoms in total. The van der Waals surface area contributed by atoms with E-state index in [9.17, 15) is 0 Å². The van der Waals surface area contributed by atoms with Crippen LogP contribution in [0.25, 0.3) is 104 Å². The lowest BCUT2D eigenvalue weighted by Gasteiger charge is -2.21. The zero-order chi connectivity index (χ0) is 39.2. The van der Waals surface area contributed by atoms with E-state index in [1.54, 1.807) is 11.3 Å². The van der Waals surface area contributed by atoms with Gasteiger partial charge in [0.1, 0.15) is 0 Å². The minimum Gasteiger partial charge on any atom is -0.309 e. The van der Waals surface area contributed by atoms with Crippen molar-refractivity contribution >= 4 is 53.3 Å². The van der Waals surface area contributed by atoms with E-state index in [1.165, 1.54) is 59.5 Å². The fourth-order valence-corrected chi connectivity index (χ4v) is 10.5. The highest BCUT2D eigenvalue weighted by Crippen LogP contribution is 2.51. The highest BCUT2D eigenvalue weighted by atomic mass is 32.1. The summed E-state index contributed by atoms with van der Waals surface area (Å²) in [5.74, 6) is 1.97. The standard InChI is InChI=1S/C54H36N4S/c1-54(2)45-24-14-12-22-38(45)40-31-42-41-28-35(26-27-47(41)58(48(42)32-46(40)54)37-20-10-5-11-21-37)36-29-43-39-23-13-15-25-49(39)59-50(43)44(30-36)53-56-51(33-16-6-3-7-17-33)55-52(57-53)34-18-8-4-9-19-34/h3-32H,1-2H3. The molecule has 0 aliphatic heterocycles. The first-order valence-corrected chi connectivity index (χ1v) is 20.9. The molecule has 12 rings (SSSR count). The second-order valence-electron chi connectivity index (χ2n) is 16.0. The van der Waals surface area contributed by atoms with Crippen LogP contribution in [0, 0.1) is 0 Å². The number of rotatable bonds is 5. The number of nitrogens with zero attached hydrogens (tertiary/aromatic N) is 4. The topological polar surface area (TPSA) is 43.6 Å². The number of para-hydroxylation sites is 1. The van der Waals surface area contributed by atoms with E-state index in [-0.39, 0.29) is 5.41 Å². The van der Waals surface area contributed by atoms with Gasteiger partial charge in [-0.05, 0) is 88.0 Å². The van der Waals surface area contributed by atoms with Gasteiger partial charge in [-0.15, -0.1) is 11.3 Å². The van der Waals surface area contributed by atoms with Gasteiger partial charge in [-0.25, -0.2) is 15.0 Å². The van der Waals surface area contributed by atoms with Gasteiger partial charge in [0.15, 0.2) is 17.5 Å². The minimum absolute atomic E-state index is 0.103. The van der Waals surface area contributed by atoms with Crippen LogP contribution in [0.4, 0.5) is 0 Å². The van der Waals surface area contributed by atoms with Gasteiger partial charge < -0.3 is 4.57 Å². The van der Waals surface area contributed by atoms with Gasteiger partial charge in [-0.3, -0.25) is 0 Å². The van der Waals surface area contributed by atoms with Crippen molar-refractivity contribution in [1.82, 2.24) is 19.5 Å². The molecule has 0 spiro atoms. The molecule has 0 saturated heterocycles. The normalized spacial score (nSPS) is 13.1. The molecule has 3 aromatic heterocycles. The molecule has 5 heteroatoms. The van der Waals surface area contributed by atoms with E-state index < -0.39 is 0 Å². The smallest absolute Gasteiger partial charge is 0.165 e. The highest BCUT2D eigenvalue weighted by molar-refractivity contribution is 7.26. The molecule has 1 aliphatic carbocycles. The SMILES string of the molecule is CC1(C)c2ccccc2-c2cc3c4cc(-c5cc(-c6nc(-c7ccccc7)nc(-c7ccccc7)n6)c6sc7ccccc7c6c5)ccc4n(-c4ccccc4)c3cc21. The lowest BCUT2D eigenvalue weighted by atomic mass is 9.82. The summed E-state index contributed by atoms with van der Waals surface area (Å²) in [5.41, 5.74) is 14.0. The summed E-state index contributed by atoms with van der Waals surface area (Å²) in [6, 6.07) is 65.4. The Kier molecular flexibility index (Phi) is 7.41. The predicted octanol–water partition coefficient (Wildman–Crippen LogP) is 14.3. The minimum atomic E-state index is -0.103. The number of hydrogen-bond donors (Lipinski definition) is 0. The Balaban J connectivity index is 1.13. The van der Waals surface area contributed by atoms with Gasteiger partial charge in [0.25, 0.3) is 0 Å². The molecule has 278 valence electrons. The number of thiophene rings is 1. The van der Waals surface area contributed by atoms with Crippen molar-refractivity contribution in [2.75, 3.05) is 0 Å². The lowest BCUT2D eigenvalue weighted by Crippen LogP contribution is -2.14. The number of fused-ring (bicyclic) bond motifs is 9. The molecule has 0 bridgehead atoms. The van der Waals surface area contributed by atoms with Crippen molar-refractivity contribution in [3.05, 3.63) is 193 Å². The first-order chi connectivity index (χ1) is 29.0. The molecule has 0 amide bonds. The zero-order valence-electron chi connectivity index (χ0n) is 32.5. The summed E-state index contributed by atoms with van der Waals surface area (Å²) in [5, 5.41) is 4.90. The number of aromatic nitrogens is 4. The summed E-state index contributed by atoms with van der Waals surface area (Å²) in [7, 11) is 0. The van der Waals surface area contributed by atoms with Crippen LogP contribution in [0.5, 0.6) is 0 Å². The Morgan fingerprint density at radius 3 is 1.76 bits per heavy atom. The molecule has 1 aliphatic rings. The van der Waals surface area contributed by atoms with Crippen molar-refractivity contribution in [3.63, 3.8) is 0 Å². The molecular weight excluding hydrogens is 737 g/mol. The highest BCUT2D eigenvalue weighted by Gasteiger charge is 2.36. The van der Waals surface area contributed by atoms with Gasteiger partial charge in [0.05, 0.1) is 11.0 Å². The zero-order valence-corrected chi connectivity index (χ0v) is 33.3. The van der Waals surface area contributed by atoms with Crippen molar-refractivity contribution in [1.29, 1.82) is 0 Å². The van der Waals surface area contributed by atoms with Gasteiger partial charge in [0, 0.05) is 58.7 Å². The van der Waals surface area contributed by atoms with E-state index in [0.717, 1.165) is 38.2 Å². The molecular formula is C54H36N4S. The average molecular weight is 773 g/mol. The average Bonchev–Trinajstić information content (AvgIpc) is 3.91. The van der Waals surface area contributed by atoms with Gasteiger partial charge in [-0.2, -0.15) is 0 Å². The van der Waals surface area contributed by atoms with Crippen molar-refractivity contribution in [2.24, 2.45) is 0 Å². The predicted molar refractivity (Wildman–Crippen MR) is 246 cm³/mol. The maximum Gasteiger partial charge on any atom is 0.165 e. The quantitative estimate of drug-likeness (QED) is 0.175. The first-order valence-electron chi connectivity index (χ1n) is 20.1. The molecule has 8 aromatic carbocycles. The third-order valence-electron chi connectivity index (χ3n) is 12.2. The molecule has 0 unspecified atom stereocenters. The van der Waals surface area contributed by atoms with Crippen molar-refractivity contribution in [3.8, 4) is 62.1 Å². The van der Waals surface area contributed by atoms with Crippen LogP contribution in [0.2, 0.25) is 0 Å². The van der Waals surface area contributed by atoms with E-state index in [1.807, 2.05) is 36.4 Å². The van der Waals surface area contributed by atoms with Crippen molar-refractivity contribution < 1.29 is 0 Å². The summed E-state index contributed by atoms with van der Waals surface area (Å²) in [6.07, 6.45) is 0. The van der Waals surface area contributed by atoms with E-state index in [0.29, 0.717) is 17.5 Å². The molecule has 0 fully saturated rings. The summed E-state index contributed by atoms with van der Waals surface area (Å²) in [6.45, 7) is 4.72. The van der Waals surface area contributed by atoms with Crippen LogP contribution in [-0.2, 0) is 5.41 Å². The summed E-state index contributed by atoms with van der Waals surface area (Å²) >= 11 is 1.80. The fourth-order valence-electron chi connectivity index (χ4n) is 9.34. The summed E-state index contributed by atoms with van der Waals surface area (Å²) in [4.78, 5) is 15.5. The third-order valence-corrected chi connectivity index (χ3v) is 13.5. The molecule has 0 radical (unpaired) electrons. The van der Waals surface area contributed by atoms with E-state index in [4.69, 9.17) is 15.0 Å². The first kappa shape index (κ1) is 33.9. The fraction of sp³-hybridized carbons (Fsp3) is 0.0556. The number of hydrogen-bond acceptors (Lipinski definition) is 4. The summed E-state index contributed by atoms with van der Waals surface area (Å²) < 4.78 is 4.84. The van der Waals surface area contributed by atoms with Crippen LogP contribution in [0.15, 0.2) is 182 Å². The van der Waals surface area contributed by atoms with Gasteiger partial charge in [0.2, 0.25) is 0 Å². The second-order valence-corrected chi connectivity index (χ2v) is 17.1. The molecule has 59 heavy (non-hydrogen) atoms. The van der Waals surface area contributed by atoms with Crippen LogP contribution in [0.3, 0.4) is 0 Å². The molecule has 3 heterocycles.